The molecule has 0 radical (unpaired) electrons. The monoisotopic (exact) mass is 1010 g/mol. The summed E-state index contributed by atoms with van der Waals surface area (Å²) in [5.41, 5.74) is 21.9. The van der Waals surface area contributed by atoms with Crippen LogP contribution in [0.2, 0.25) is 0 Å². The summed E-state index contributed by atoms with van der Waals surface area (Å²) in [6.07, 6.45) is 7.73. The van der Waals surface area contributed by atoms with E-state index in [0.717, 1.165) is 102 Å². The number of aryl methyl sites for hydroxylation is 4. The quantitative estimate of drug-likeness (QED) is 0.121. The molecule has 4 heteroatoms. The molecule has 0 amide bonds. The third-order valence-electron chi connectivity index (χ3n) is 12.0. The van der Waals surface area contributed by atoms with Gasteiger partial charge in [0.25, 0.3) is 0 Å². The summed E-state index contributed by atoms with van der Waals surface area (Å²) < 4.78 is 0. The average Bonchev–Trinajstić information content (AvgIpc) is 3.36. The minimum absolute atomic E-state index is 0. The van der Waals surface area contributed by atoms with E-state index in [0.29, 0.717) is 0 Å². The Morgan fingerprint density at radius 3 is 1.25 bits per heavy atom. The summed E-state index contributed by atoms with van der Waals surface area (Å²) in [6.45, 7) is 4.35. The van der Waals surface area contributed by atoms with Crippen LogP contribution >= 0.6 is 0 Å². The zero-order valence-corrected chi connectivity index (χ0v) is 38.6. The standard InChI is InChI=1S/C61H44N3.Ir/c1-42-33-59(46-21-9-4-10-22-46)63-40-57(42)54-29-17-15-27-52(54)50-35-44(31-32-49-39-62-61(48-25-13-6-14-26-48)38-56(49)45-19-7-3-8-20-45)36-51(37-50)53-28-16-18-30-55(53)58-41-64-60(34-43(58)2)47-23-11-5-12-24-47;/h3-21,23,25,27-30,33-41H,31-32H2,1-2H3;/q-3;+3. The summed E-state index contributed by atoms with van der Waals surface area (Å²) >= 11 is 0. The molecular formula is C61H44IrN3. The molecule has 0 atom stereocenters. The second kappa shape index (κ2) is 19.6. The normalized spacial score (nSPS) is 10.9. The van der Waals surface area contributed by atoms with Crippen molar-refractivity contribution in [3.63, 3.8) is 0 Å². The molecule has 3 nitrogen and oxygen atoms in total. The molecule has 0 aliphatic heterocycles. The summed E-state index contributed by atoms with van der Waals surface area (Å²) in [4.78, 5) is 14.9. The molecule has 3 aromatic heterocycles. The third-order valence-corrected chi connectivity index (χ3v) is 12.0. The average molecular weight is 1010 g/mol. The molecule has 0 aliphatic carbocycles. The molecule has 3 heterocycles. The minimum atomic E-state index is 0. The van der Waals surface area contributed by atoms with Crippen molar-refractivity contribution in [1.29, 1.82) is 0 Å². The Labute approximate surface area is 396 Å². The van der Waals surface area contributed by atoms with Crippen LogP contribution in [0.25, 0.3) is 89.4 Å². The number of hydrogen-bond acceptors (Lipinski definition) is 3. The van der Waals surface area contributed by atoms with Gasteiger partial charge in [-0.3, -0.25) is 0 Å². The fourth-order valence-corrected chi connectivity index (χ4v) is 8.71. The van der Waals surface area contributed by atoms with E-state index in [1.807, 2.05) is 67.0 Å². The van der Waals surface area contributed by atoms with Crippen LogP contribution in [-0.2, 0) is 32.9 Å². The topological polar surface area (TPSA) is 38.7 Å². The van der Waals surface area contributed by atoms with Crippen molar-refractivity contribution in [3.8, 4) is 89.4 Å². The first-order chi connectivity index (χ1) is 31.6. The Kier molecular flexibility index (Phi) is 12.9. The number of benzene rings is 7. The van der Waals surface area contributed by atoms with Crippen LogP contribution in [0.5, 0.6) is 0 Å². The maximum atomic E-state index is 4.99. The molecule has 0 spiro atoms. The van der Waals surface area contributed by atoms with Crippen LogP contribution < -0.4 is 0 Å². The molecular weight excluding hydrogens is 967 g/mol. The second-order valence-corrected chi connectivity index (χ2v) is 16.2. The third kappa shape index (κ3) is 9.33. The van der Waals surface area contributed by atoms with E-state index in [9.17, 15) is 0 Å². The van der Waals surface area contributed by atoms with Gasteiger partial charge in [-0.2, -0.15) is 0 Å². The predicted molar refractivity (Wildman–Crippen MR) is 263 cm³/mol. The minimum Gasteiger partial charge on any atom is -0.304 e. The van der Waals surface area contributed by atoms with Crippen LogP contribution in [0, 0.1) is 32.0 Å². The van der Waals surface area contributed by atoms with Crippen molar-refractivity contribution >= 4 is 0 Å². The van der Waals surface area contributed by atoms with Crippen molar-refractivity contribution in [2.45, 2.75) is 26.7 Å². The number of hydrogen-bond donors (Lipinski definition) is 0. The summed E-state index contributed by atoms with van der Waals surface area (Å²) in [7, 11) is 0. The number of nitrogens with zero attached hydrogens (tertiary/aromatic N) is 3. The summed E-state index contributed by atoms with van der Waals surface area (Å²) in [5, 5.41) is 0. The number of rotatable bonds is 11. The van der Waals surface area contributed by atoms with Crippen LogP contribution in [-0.4, -0.2) is 15.0 Å². The van der Waals surface area contributed by atoms with Gasteiger partial charge in [-0.15, -0.1) is 108 Å². The van der Waals surface area contributed by atoms with Gasteiger partial charge in [0.15, 0.2) is 0 Å². The largest absolute Gasteiger partial charge is 3.00 e. The SMILES string of the molecule is Cc1cc(-c2[c-]cccc2)ncc1-c1ccccc1-c1cc(CCc2cnc(-c3[c-]cccc3)cc2-c2ccccc2)cc(-c2ccccc2-c2cnc(-c3[c-]cccc3)cc2C)c1.[Ir+3]. The molecule has 7 aromatic carbocycles. The Hall–Kier alpha value is -7.36. The zero-order chi connectivity index (χ0) is 43.2. The first kappa shape index (κ1) is 42.9. The Morgan fingerprint density at radius 2 is 0.785 bits per heavy atom. The van der Waals surface area contributed by atoms with Gasteiger partial charge < -0.3 is 15.0 Å². The molecule has 0 aliphatic rings. The van der Waals surface area contributed by atoms with Crippen LogP contribution in [0.3, 0.4) is 0 Å². The van der Waals surface area contributed by atoms with Crippen molar-refractivity contribution < 1.29 is 20.1 Å². The molecule has 0 saturated heterocycles. The van der Waals surface area contributed by atoms with E-state index >= 15 is 0 Å². The molecule has 10 aromatic rings. The summed E-state index contributed by atoms with van der Waals surface area (Å²) in [5.74, 6) is 0. The van der Waals surface area contributed by atoms with Crippen LogP contribution in [0.1, 0.15) is 22.3 Å². The van der Waals surface area contributed by atoms with Gasteiger partial charge in [-0.1, -0.05) is 109 Å². The molecule has 312 valence electrons. The van der Waals surface area contributed by atoms with Gasteiger partial charge in [0.2, 0.25) is 0 Å². The Morgan fingerprint density at radius 1 is 0.354 bits per heavy atom. The smallest absolute Gasteiger partial charge is 0.304 e. The molecule has 10 rings (SSSR count). The van der Waals surface area contributed by atoms with E-state index in [1.54, 1.807) is 0 Å². The van der Waals surface area contributed by atoms with Crippen molar-refractivity contribution in [3.05, 3.63) is 247 Å². The van der Waals surface area contributed by atoms with E-state index in [1.165, 1.54) is 22.3 Å². The van der Waals surface area contributed by atoms with Crippen molar-refractivity contribution in [1.82, 2.24) is 15.0 Å². The number of aromatic nitrogens is 3. The second-order valence-electron chi connectivity index (χ2n) is 16.2. The fraction of sp³-hybridized carbons (Fsp3) is 0.0656. The molecule has 0 saturated carbocycles. The van der Waals surface area contributed by atoms with E-state index < -0.39 is 0 Å². The summed E-state index contributed by atoms with van der Waals surface area (Å²) in [6, 6.07) is 75.9. The van der Waals surface area contributed by atoms with Gasteiger partial charge in [0.05, 0.1) is 0 Å². The van der Waals surface area contributed by atoms with Gasteiger partial charge >= 0.3 is 20.1 Å². The van der Waals surface area contributed by atoms with Gasteiger partial charge in [0, 0.05) is 29.7 Å². The van der Waals surface area contributed by atoms with Gasteiger partial charge in [0.1, 0.15) is 0 Å². The van der Waals surface area contributed by atoms with Crippen LogP contribution in [0.15, 0.2) is 207 Å². The van der Waals surface area contributed by atoms with Crippen molar-refractivity contribution in [2.24, 2.45) is 0 Å². The van der Waals surface area contributed by atoms with Crippen LogP contribution in [0.4, 0.5) is 0 Å². The maximum Gasteiger partial charge on any atom is 3.00 e. The predicted octanol–water partition coefficient (Wildman–Crippen LogP) is 15.0. The molecule has 65 heavy (non-hydrogen) atoms. The zero-order valence-electron chi connectivity index (χ0n) is 36.2. The first-order valence-electron chi connectivity index (χ1n) is 21.8. The van der Waals surface area contributed by atoms with E-state index in [2.05, 4.69) is 172 Å². The van der Waals surface area contributed by atoms with Crippen molar-refractivity contribution in [2.75, 3.05) is 0 Å². The molecule has 0 unspecified atom stereocenters. The number of pyridine rings is 3. The van der Waals surface area contributed by atoms with Gasteiger partial charge in [-0.05, 0) is 117 Å². The Balaban J connectivity index is 0.00000533. The van der Waals surface area contributed by atoms with Gasteiger partial charge in [-0.25, -0.2) is 0 Å². The van der Waals surface area contributed by atoms with E-state index in [-0.39, 0.29) is 20.1 Å². The first-order valence-corrected chi connectivity index (χ1v) is 21.8. The molecule has 0 bridgehead atoms. The molecule has 0 N–H and O–H groups in total. The Bertz CT molecular complexity index is 3070. The maximum absolute atomic E-state index is 4.99. The molecule has 0 fully saturated rings. The van der Waals surface area contributed by atoms with E-state index in [4.69, 9.17) is 15.0 Å². The fourth-order valence-electron chi connectivity index (χ4n) is 8.71.